The van der Waals surface area contributed by atoms with Gasteiger partial charge in [0.05, 0.1) is 17.7 Å². The molecule has 1 aliphatic heterocycles. The fourth-order valence-corrected chi connectivity index (χ4v) is 2.50. The molecule has 0 spiro atoms. The molecule has 0 unspecified atom stereocenters. The molecule has 3 N–H and O–H groups in total. The molecule has 1 saturated heterocycles. The number of carbonyl (C=O) groups is 1. The van der Waals surface area contributed by atoms with Crippen LogP contribution in [0, 0.1) is 0 Å². The molecule has 1 aromatic rings. The average molecular weight is 309 g/mol. The number of ether oxygens (including phenoxy) is 1. The monoisotopic (exact) mass is 309 g/mol. The summed E-state index contributed by atoms with van der Waals surface area (Å²) in [6, 6.07) is 4.68. The maximum Gasteiger partial charge on any atom is 0.257 e. The van der Waals surface area contributed by atoms with E-state index in [-0.39, 0.29) is 11.7 Å². The van der Waals surface area contributed by atoms with Gasteiger partial charge in [0.2, 0.25) is 0 Å². The van der Waals surface area contributed by atoms with Crippen LogP contribution in [0.4, 0.5) is 0 Å². The van der Waals surface area contributed by atoms with Gasteiger partial charge in [-0.05, 0) is 12.1 Å². The molecule has 2 rings (SSSR count). The van der Waals surface area contributed by atoms with Crippen molar-refractivity contribution in [3.8, 4) is 11.5 Å². The molecular formula is C14H19N3O3S. The van der Waals surface area contributed by atoms with Crippen molar-refractivity contribution in [3.05, 3.63) is 23.8 Å². The number of methoxy groups -OCH3 is 1. The van der Waals surface area contributed by atoms with Crippen LogP contribution in [-0.4, -0.2) is 65.6 Å². The van der Waals surface area contributed by atoms with Crippen LogP contribution in [0.5, 0.6) is 11.5 Å². The number of piperazine rings is 1. The Bertz CT molecular complexity index is 542. The minimum atomic E-state index is -0.176. The van der Waals surface area contributed by atoms with Crippen LogP contribution in [-0.2, 0) is 0 Å². The van der Waals surface area contributed by atoms with Crippen LogP contribution in [0.1, 0.15) is 10.4 Å². The Hall–Kier alpha value is -1.86. The number of nitrogens with zero attached hydrogens (tertiary/aromatic N) is 2. The molecule has 0 aromatic heterocycles. The predicted octanol–water partition coefficient (Wildman–Crippen LogP) is 0.445. The second kappa shape index (κ2) is 6.73. The molecule has 0 aliphatic carbocycles. The van der Waals surface area contributed by atoms with Gasteiger partial charge in [0.25, 0.3) is 5.91 Å². The zero-order chi connectivity index (χ0) is 15.4. The van der Waals surface area contributed by atoms with Gasteiger partial charge in [-0.25, -0.2) is 0 Å². The molecule has 1 amide bonds. The standard InChI is InChI=1S/C14H19N3O3S/c1-20-10-2-3-11(12(18)8-10)14(19)17-6-4-16(5-7-17)9-13(15)21/h2-3,8,18H,4-7,9H2,1H3,(H2,15,21). The first kappa shape index (κ1) is 15.5. The van der Waals surface area contributed by atoms with Gasteiger partial charge in [-0.2, -0.15) is 0 Å². The molecule has 1 heterocycles. The minimum absolute atomic E-state index is 0.0649. The van der Waals surface area contributed by atoms with Gasteiger partial charge in [-0.15, -0.1) is 0 Å². The Morgan fingerprint density at radius 1 is 1.38 bits per heavy atom. The summed E-state index contributed by atoms with van der Waals surface area (Å²) >= 11 is 4.89. The quantitative estimate of drug-likeness (QED) is 0.786. The van der Waals surface area contributed by atoms with E-state index in [1.807, 2.05) is 0 Å². The molecule has 0 bridgehead atoms. The van der Waals surface area contributed by atoms with E-state index in [4.69, 9.17) is 22.7 Å². The maximum atomic E-state index is 12.4. The largest absolute Gasteiger partial charge is 0.507 e. The van der Waals surface area contributed by atoms with Gasteiger partial charge >= 0.3 is 0 Å². The molecule has 1 fully saturated rings. The van der Waals surface area contributed by atoms with E-state index in [2.05, 4.69) is 4.90 Å². The fraction of sp³-hybridized carbons (Fsp3) is 0.429. The van der Waals surface area contributed by atoms with Crippen molar-refractivity contribution in [2.24, 2.45) is 5.73 Å². The normalized spacial score (nSPS) is 15.8. The third-order valence-electron chi connectivity index (χ3n) is 3.47. The van der Waals surface area contributed by atoms with Crippen molar-refractivity contribution in [3.63, 3.8) is 0 Å². The fourth-order valence-electron chi connectivity index (χ4n) is 2.32. The lowest BCUT2D eigenvalue weighted by atomic mass is 10.1. The Morgan fingerprint density at radius 3 is 2.57 bits per heavy atom. The highest BCUT2D eigenvalue weighted by molar-refractivity contribution is 7.80. The summed E-state index contributed by atoms with van der Waals surface area (Å²) in [6.45, 7) is 3.20. The zero-order valence-corrected chi connectivity index (χ0v) is 12.7. The summed E-state index contributed by atoms with van der Waals surface area (Å²) in [6.07, 6.45) is 0. The van der Waals surface area contributed by atoms with Crippen LogP contribution < -0.4 is 10.5 Å². The predicted molar refractivity (Wildman–Crippen MR) is 83.8 cm³/mol. The molecule has 114 valence electrons. The van der Waals surface area contributed by atoms with Crippen molar-refractivity contribution in [1.82, 2.24) is 9.80 Å². The molecule has 0 radical (unpaired) electrons. The van der Waals surface area contributed by atoms with Crippen LogP contribution in [0.25, 0.3) is 0 Å². The van der Waals surface area contributed by atoms with Crippen molar-refractivity contribution in [2.75, 3.05) is 39.8 Å². The van der Waals surface area contributed by atoms with Crippen LogP contribution >= 0.6 is 12.2 Å². The van der Waals surface area contributed by atoms with Crippen molar-refractivity contribution in [2.45, 2.75) is 0 Å². The van der Waals surface area contributed by atoms with E-state index in [1.54, 1.807) is 17.0 Å². The molecule has 21 heavy (non-hydrogen) atoms. The number of benzene rings is 1. The first-order chi connectivity index (χ1) is 10.0. The Labute approximate surface area is 129 Å². The van der Waals surface area contributed by atoms with E-state index in [9.17, 15) is 9.90 Å². The summed E-state index contributed by atoms with van der Waals surface area (Å²) < 4.78 is 5.01. The maximum absolute atomic E-state index is 12.4. The number of carbonyl (C=O) groups excluding carboxylic acids is 1. The number of hydrogen-bond acceptors (Lipinski definition) is 5. The second-order valence-corrected chi connectivity index (χ2v) is 5.44. The van der Waals surface area contributed by atoms with Gasteiger partial charge in [0.15, 0.2) is 0 Å². The zero-order valence-electron chi connectivity index (χ0n) is 11.9. The number of phenolic OH excluding ortho intramolecular Hbond substituents is 1. The topological polar surface area (TPSA) is 79.0 Å². The van der Waals surface area contributed by atoms with Crippen LogP contribution in [0.15, 0.2) is 18.2 Å². The molecule has 0 saturated carbocycles. The van der Waals surface area contributed by atoms with E-state index in [0.29, 0.717) is 35.9 Å². The van der Waals surface area contributed by atoms with Crippen LogP contribution in [0.3, 0.4) is 0 Å². The lowest BCUT2D eigenvalue weighted by molar-refractivity contribution is 0.0651. The Kier molecular flexibility index (Phi) is 4.98. The highest BCUT2D eigenvalue weighted by Crippen LogP contribution is 2.24. The summed E-state index contributed by atoms with van der Waals surface area (Å²) in [5.41, 5.74) is 5.81. The van der Waals surface area contributed by atoms with E-state index < -0.39 is 0 Å². The van der Waals surface area contributed by atoms with Gasteiger partial charge in [0, 0.05) is 38.8 Å². The lowest BCUT2D eigenvalue weighted by Gasteiger charge is -2.34. The van der Waals surface area contributed by atoms with E-state index in [0.717, 1.165) is 13.1 Å². The summed E-state index contributed by atoms with van der Waals surface area (Å²) in [7, 11) is 1.51. The number of nitrogens with two attached hydrogens (primary N) is 1. The smallest absolute Gasteiger partial charge is 0.257 e. The van der Waals surface area contributed by atoms with Gasteiger partial charge < -0.3 is 20.5 Å². The first-order valence-electron chi connectivity index (χ1n) is 6.68. The summed E-state index contributed by atoms with van der Waals surface area (Å²) in [5.74, 6) is 0.278. The molecule has 0 atom stereocenters. The number of amides is 1. The van der Waals surface area contributed by atoms with Gasteiger partial charge in [0.1, 0.15) is 11.5 Å². The van der Waals surface area contributed by atoms with E-state index >= 15 is 0 Å². The molecule has 7 heteroatoms. The lowest BCUT2D eigenvalue weighted by Crippen LogP contribution is -2.50. The minimum Gasteiger partial charge on any atom is -0.507 e. The number of phenols is 1. The first-order valence-corrected chi connectivity index (χ1v) is 7.09. The van der Waals surface area contributed by atoms with Crippen molar-refractivity contribution in [1.29, 1.82) is 0 Å². The van der Waals surface area contributed by atoms with Gasteiger partial charge in [-0.1, -0.05) is 12.2 Å². The average Bonchev–Trinajstić information content (AvgIpc) is 2.46. The molecule has 1 aliphatic rings. The Balaban J connectivity index is 2.00. The van der Waals surface area contributed by atoms with Crippen molar-refractivity contribution < 1.29 is 14.6 Å². The third kappa shape index (κ3) is 3.83. The number of aromatic hydroxyl groups is 1. The van der Waals surface area contributed by atoms with Gasteiger partial charge in [-0.3, -0.25) is 9.69 Å². The number of rotatable bonds is 4. The Morgan fingerprint density at radius 2 is 2.05 bits per heavy atom. The molecule has 1 aromatic carbocycles. The van der Waals surface area contributed by atoms with Crippen LogP contribution in [0.2, 0.25) is 0 Å². The summed E-state index contributed by atoms with van der Waals surface area (Å²) in [5, 5.41) is 9.92. The second-order valence-electron chi connectivity index (χ2n) is 4.92. The molecular weight excluding hydrogens is 290 g/mol. The van der Waals surface area contributed by atoms with Crippen molar-refractivity contribution >= 4 is 23.1 Å². The highest BCUT2D eigenvalue weighted by atomic mass is 32.1. The number of hydrogen-bond donors (Lipinski definition) is 2. The number of thiocarbonyl (C=S) groups is 1. The third-order valence-corrected chi connectivity index (χ3v) is 3.60. The highest BCUT2D eigenvalue weighted by Gasteiger charge is 2.24. The SMILES string of the molecule is COc1ccc(C(=O)N2CCN(CC(N)=S)CC2)c(O)c1. The summed E-state index contributed by atoms with van der Waals surface area (Å²) in [4.78, 5) is 16.7. The molecule has 6 nitrogen and oxygen atoms in total. The van der Waals surface area contributed by atoms with E-state index in [1.165, 1.54) is 13.2 Å².